The highest BCUT2D eigenvalue weighted by atomic mass is 16.5. The molecule has 1 atom stereocenters. The number of allylic oxidation sites excluding steroid dienone is 2. The Morgan fingerprint density at radius 3 is 2.30 bits per heavy atom. The zero-order valence-corrected chi connectivity index (χ0v) is 6.79. The summed E-state index contributed by atoms with van der Waals surface area (Å²) in [7, 11) is 0. The Balaban J connectivity index is 2.70. The molecule has 1 aliphatic rings. The Labute approximate surface area is 62.4 Å². The van der Waals surface area contributed by atoms with Crippen molar-refractivity contribution in [2.75, 3.05) is 0 Å². The lowest BCUT2D eigenvalue weighted by molar-refractivity contribution is 0.0397. The van der Waals surface area contributed by atoms with E-state index in [4.69, 9.17) is 4.74 Å². The quantitative estimate of drug-likeness (QED) is 0.541. The standard InChI is InChI=1S/C9H14O/c1-8(2)9(3)6-4-5-7-10-9/h4-8H,1-3H3. The highest BCUT2D eigenvalue weighted by Gasteiger charge is 2.26. The van der Waals surface area contributed by atoms with Crippen LogP contribution in [-0.4, -0.2) is 5.60 Å². The summed E-state index contributed by atoms with van der Waals surface area (Å²) in [4.78, 5) is 0. The summed E-state index contributed by atoms with van der Waals surface area (Å²) in [5.74, 6) is 0.522. The predicted octanol–water partition coefficient (Wildman–Crippen LogP) is 2.50. The zero-order chi connectivity index (χ0) is 7.61. The first-order valence-electron chi connectivity index (χ1n) is 3.67. The first-order chi connectivity index (χ1) is 4.65. The highest BCUT2D eigenvalue weighted by Crippen LogP contribution is 2.25. The molecule has 0 aromatic rings. The Hall–Kier alpha value is -0.720. The Morgan fingerprint density at radius 2 is 2.00 bits per heavy atom. The minimum Gasteiger partial charge on any atom is -0.491 e. The fraction of sp³-hybridized carbons (Fsp3) is 0.556. The molecule has 1 rings (SSSR count). The summed E-state index contributed by atoms with van der Waals surface area (Å²) in [6.07, 6.45) is 7.78. The molecule has 0 bridgehead atoms. The number of ether oxygens (including phenoxy) is 1. The fourth-order valence-electron chi connectivity index (χ4n) is 0.846. The smallest absolute Gasteiger partial charge is 0.126 e. The third kappa shape index (κ3) is 1.23. The average molecular weight is 138 g/mol. The second-order valence-electron chi connectivity index (χ2n) is 3.14. The summed E-state index contributed by atoms with van der Waals surface area (Å²) in [5, 5.41) is 0. The summed E-state index contributed by atoms with van der Waals surface area (Å²) < 4.78 is 5.46. The summed E-state index contributed by atoms with van der Waals surface area (Å²) in [6.45, 7) is 6.41. The molecule has 56 valence electrons. The van der Waals surface area contributed by atoms with Gasteiger partial charge in [0.15, 0.2) is 0 Å². The number of rotatable bonds is 1. The van der Waals surface area contributed by atoms with Crippen molar-refractivity contribution in [3.63, 3.8) is 0 Å². The summed E-state index contributed by atoms with van der Waals surface area (Å²) in [5.41, 5.74) is -0.0885. The van der Waals surface area contributed by atoms with Crippen molar-refractivity contribution in [3.05, 3.63) is 24.5 Å². The van der Waals surface area contributed by atoms with Gasteiger partial charge in [-0.2, -0.15) is 0 Å². The Kier molecular flexibility index (Phi) is 1.84. The van der Waals surface area contributed by atoms with E-state index in [2.05, 4.69) is 26.8 Å². The lowest BCUT2D eigenvalue weighted by Gasteiger charge is -2.31. The first-order valence-corrected chi connectivity index (χ1v) is 3.67. The van der Waals surface area contributed by atoms with Crippen LogP contribution in [-0.2, 0) is 4.74 Å². The third-order valence-electron chi connectivity index (χ3n) is 2.09. The first kappa shape index (κ1) is 7.39. The van der Waals surface area contributed by atoms with Crippen molar-refractivity contribution in [2.45, 2.75) is 26.4 Å². The molecule has 1 unspecified atom stereocenters. The molecule has 1 heteroatoms. The van der Waals surface area contributed by atoms with Crippen LogP contribution in [0.2, 0.25) is 0 Å². The minimum atomic E-state index is -0.0885. The largest absolute Gasteiger partial charge is 0.491 e. The van der Waals surface area contributed by atoms with Crippen LogP contribution in [0.15, 0.2) is 24.5 Å². The van der Waals surface area contributed by atoms with Crippen LogP contribution in [0.3, 0.4) is 0 Å². The molecule has 0 radical (unpaired) electrons. The summed E-state index contributed by atoms with van der Waals surface area (Å²) in [6, 6.07) is 0. The maximum Gasteiger partial charge on any atom is 0.126 e. The van der Waals surface area contributed by atoms with Gasteiger partial charge in [0.1, 0.15) is 5.60 Å². The molecule has 0 saturated heterocycles. The lowest BCUT2D eigenvalue weighted by atomic mass is 9.91. The van der Waals surface area contributed by atoms with Crippen LogP contribution < -0.4 is 0 Å². The number of hydrogen-bond acceptors (Lipinski definition) is 1. The van der Waals surface area contributed by atoms with Crippen molar-refractivity contribution in [1.29, 1.82) is 0 Å². The number of hydrogen-bond donors (Lipinski definition) is 0. The molecule has 1 aliphatic heterocycles. The van der Waals surface area contributed by atoms with Crippen molar-refractivity contribution in [2.24, 2.45) is 5.92 Å². The van der Waals surface area contributed by atoms with Gasteiger partial charge in [0.25, 0.3) is 0 Å². The van der Waals surface area contributed by atoms with E-state index < -0.39 is 0 Å². The molecule has 10 heavy (non-hydrogen) atoms. The zero-order valence-electron chi connectivity index (χ0n) is 6.79. The van der Waals surface area contributed by atoms with Crippen LogP contribution in [0, 0.1) is 5.92 Å². The van der Waals surface area contributed by atoms with Gasteiger partial charge >= 0.3 is 0 Å². The highest BCUT2D eigenvalue weighted by molar-refractivity contribution is 5.13. The molecule has 1 nitrogen and oxygen atoms in total. The van der Waals surface area contributed by atoms with E-state index in [9.17, 15) is 0 Å². The van der Waals surface area contributed by atoms with E-state index in [-0.39, 0.29) is 5.60 Å². The normalized spacial score (nSPS) is 30.8. The van der Waals surface area contributed by atoms with E-state index in [1.807, 2.05) is 12.2 Å². The molecule has 0 aromatic carbocycles. The maximum atomic E-state index is 5.46. The second-order valence-corrected chi connectivity index (χ2v) is 3.14. The third-order valence-corrected chi connectivity index (χ3v) is 2.09. The average Bonchev–Trinajstić information content (AvgIpc) is 1.89. The monoisotopic (exact) mass is 138 g/mol. The van der Waals surface area contributed by atoms with Crippen molar-refractivity contribution < 1.29 is 4.74 Å². The van der Waals surface area contributed by atoms with Gasteiger partial charge < -0.3 is 4.74 Å². The van der Waals surface area contributed by atoms with Gasteiger partial charge in [-0.15, -0.1) is 0 Å². The molecular weight excluding hydrogens is 124 g/mol. The van der Waals surface area contributed by atoms with Crippen LogP contribution in [0.25, 0.3) is 0 Å². The molecule has 1 heterocycles. The molecular formula is C9H14O. The topological polar surface area (TPSA) is 9.23 Å². The van der Waals surface area contributed by atoms with Crippen LogP contribution in [0.4, 0.5) is 0 Å². The molecule has 0 spiro atoms. The summed E-state index contributed by atoms with van der Waals surface area (Å²) >= 11 is 0. The van der Waals surface area contributed by atoms with Gasteiger partial charge in [-0.25, -0.2) is 0 Å². The van der Waals surface area contributed by atoms with Gasteiger partial charge in [0, 0.05) is 0 Å². The van der Waals surface area contributed by atoms with E-state index >= 15 is 0 Å². The van der Waals surface area contributed by atoms with Crippen LogP contribution >= 0.6 is 0 Å². The molecule has 0 saturated carbocycles. The van der Waals surface area contributed by atoms with Crippen molar-refractivity contribution in [1.82, 2.24) is 0 Å². The predicted molar refractivity (Wildman–Crippen MR) is 42.6 cm³/mol. The van der Waals surface area contributed by atoms with Gasteiger partial charge in [-0.1, -0.05) is 19.9 Å². The van der Waals surface area contributed by atoms with Crippen LogP contribution in [0.5, 0.6) is 0 Å². The van der Waals surface area contributed by atoms with E-state index in [0.29, 0.717) is 5.92 Å². The van der Waals surface area contributed by atoms with Crippen LogP contribution in [0.1, 0.15) is 20.8 Å². The van der Waals surface area contributed by atoms with Gasteiger partial charge in [0.05, 0.1) is 6.26 Å². The minimum absolute atomic E-state index is 0.0885. The SMILES string of the molecule is CC(C)C1(C)C=CC=CO1. The second kappa shape index (κ2) is 2.49. The lowest BCUT2D eigenvalue weighted by Crippen LogP contribution is -2.31. The van der Waals surface area contributed by atoms with E-state index in [0.717, 1.165) is 0 Å². The van der Waals surface area contributed by atoms with Crippen molar-refractivity contribution in [3.8, 4) is 0 Å². The molecule has 0 aliphatic carbocycles. The van der Waals surface area contributed by atoms with Crippen molar-refractivity contribution >= 4 is 0 Å². The molecule has 0 fully saturated rings. The maximum absolute atomic E-state index is 5.46. The Morgan fingerprint density at radius 1 is 1.30 bits per heavy atom. The van der Waals surface area contributed by atoms with Gasteiger partial charge in [-0.05, 0) is 25.0 Å². The fourth-order valence-corrected chi connectivity index (χ4v) is 0.846. The molecule has 0 aromatic heterocycles. The van der Waals surface area contributed by atoms with E-state index in [1.54, 1.807) is 6.26 Å². The molecule has 0 amide bonds. The van der Waals surface area contributed by atoms with Gasteiger partial charge in [0.2, 0.25) is 0 Å². The van der Waals surface area contributed by atoms with Gasteiger partial charge in [-0.3, -0.25) is 0 Å². The molecule has 0 N–H and O–H groups in total. The van der Waals surface area contributed by atoms with E-state index in [1.165, 1.54) is 0 Å². The Bertz CT molecular complexity index is 168.